The number of benzene rings is 1. The molecular weight excluding hydrogens is 241 g/mol. The Morgan fingerprint density at radius 3 is 2.44 bits per heavy atom. The normalized spacial score (nSPS) is 11.6. The second-order valence-corrected chi connectivity index (χ2v) is 4.04. The molecule has 0 saturated heterocycles. The maximum atomic E-state index is 12.6. The van der Waals surface area contributed by atoms with Gasteiger partial charge in [-0.15, -0.1) is 0 Å². The molecule has 0 aliphatic rings. The van der Waals surface area contributed by atoms with Gasteiger partial charge in [0.2, 0.25) is 0 Å². The molecule has 0 bridgehead atoms. The fourth-order valence-electron chi connectivity index (χ4n) is 1.50. The molecule has 0 atom stereocenters. The van der Waals surface area contributed by atoms with Crippen molar-refractivity contribution >= 4 is 0 Å². The number of hydrogen-bond donors (Lipinski definition) is 0. The zero-order valence-electron chi connectivity index (χ0n) is 9.92. The summed E-state index contributed by atoms with van der Waals surface area (Å²) in [5.41, 5.74) is 1.35. The van der Waals surface area contributed by atoms with Gasteiger partial charge in [-0.1, -0.05) is 12.1 Å². The molecule has 0 radical (unpaired) electrons. The Morgan fingerprint density at radius 2 is 1.83 bits per heavy atom. The lowest BCUT2D eigenvalue weighted by Gasteiger charge is -2.08. The van der Waals surface area contributed by atoms with Gasteiger partial charge in [-0.3, -0.25) is 0 Å². The van der Waals surface area contributed by atoms with Crippen molar-refractivity contribution in [2.45, 2.75) is 20.0 Å². The first-order valence-electron chi connectivity index (χ1n) is 5.36. The molecule has 0 aliphatic carbocycles. The molecule has 1 heterocycles. The third-order valence-electron chi connectivity index (χ3n) is 2.67. The van der Waals surface area contributed by atoms with E-state index in [1.165, 1.54) is 6.07 Å². The van der Waals surface area contributed by atoms with Crippen LogP contribution in [0.1, 0.15) is 16.8 Å². The van der Waals surface area contributed by atoms with E-state index in [0.717, 1.165) is 23.4 Å². The van der Waals surface area contributed by atoms with Crippen LogP contribution in [0.4, 0.5) is 13.2 Å². The summed E-state index contributed by atoms with van der Waals surface area (Å²) in [6.45, 7) is 3.65. The van der Waals surface area contributed by atoms with E-state index in [0.29, 0.717) is 11.4 Å². The smallest absolute Gasteiger partial charge is 0.236 e. The van der Waals surface area contributed by atoms with E-state index in [1.54, 1.807) is 19.2 Å². The van der Waals surface area contributed by atoms with Crippen LogP contribution in [0.2, 0.25) is 0 Å². The second kappa shape index (κ2) is 4.40. The van der Waals surface area contributed by atoms with Gasteiger partial charge in [-0.2, -0.15) is 13.2 Å². The molecule has 0 N–H and O–H groups in total. The van der Waals surface area contributed by atoms with Crippen LogP contribution in [0.15, 0.2) is 30.5 Å². The van der Waals surface area contributed by atoms with Gasteiger partial charge in [-0.05, 0) is 31.5 Å². The zero-order valence-corrected chi connectivity index (χ0v) is 9.92. The number of aromatic nitrogens is 2. The van der Waals surface area contributed by atoms with Gasteiger partial charge in [-0.25, -0.2) is 9.97 Å². The Bertz CT molecular complexity index is 577. The monoisotopic (exact) mass is 252 g/mol. The van der Waals surface area contributed by atoms with Crippen molar-refractivity contribution in [1.29, 1.82) is 0 Å². The minimum absolute atomic E-state index is 0.309. The van der Waals surface area contributed by atoms with Crippen LogP contribution in [-0.2, 0) is 6.18 Å². The van der Waals surface area contributed by atoms with Crippen molar-refractivity contribution in [3.63, 3.8) is 0 Å². The average molecular weight is 252 g/mol. The molecule has 2 aromatic rings. The molecule has 94 valence electrons. The highest BCUT2D eigenvalue weighted by molar-refractivity contribution is 5.56. The molecule has 2 rings (SSSR count). The van der Waals surface area contributed by atoms with Crippen molar-refractivity contribution in [3.05, 3.63) is 47.3 Å². The highest BCUT2D eigenvalue weighted by Crippen LogP contribution is 2.31. The van der Waals surface area contributed by atoms with Gasteiger partial charge in [0.05, 0.1) is 5.56 Å². The SMILES string of the molecule is Cc1cnc(-c2cccc(C(F)(F)F)c2)nc1C. The Morgan fingerprint density at radius 1 is 1.11 bits per heavy atom. The van der Waals surface area contributed by atoms with Crippen LogP contribution >= 0.6 is 0 Å². The summed E-state index contributed by atoms with van der Waals surface area (Å²) in [6.07, 6.45) is -2.74. The largest absolute Gasteiger partial charge is 0.416 e. The fourth-order valence-corrected chi connectivity index (χ4v) is 1.50. The van der Waals surface area contributed by atoms with Crippen LogP contribution in [-0.4, -0.2) is 9.97 Å². The third kappa shape index (κ3) is 2.50. The predicted octanol–water partition coefficient (Wildman–Crippen LogP) is 3.78. The summed E-state index contributed by atoms with van der Waals surface area (Å²) in [4.78, 5) is 8.24. The van der Waals surface area contributed by atoms with Crippen molar-refractivity contribution in [2.24, 2.45) is 0 Å². The summed E-state index contributed by atoms with van der Waals surface area (Å²) in [7, 11) is 0. The number of halogens is 3. The van der Waals surface area contributed by atoms with Crippen LogP contribution in [0.5, 0.6) is 0 Å². The van der Waals surface area contributed by atoms with Gasteiger partial charge in [0.25, 0.3) is 0 Å². The van der Waals surface area contributed by atoms with Gasteiger partial charge < -0.3 is 0 Å². The molecule has 1 aromatic carbocycles. The standard InChI is InChI=1S/C13H11F3N2/c1-8-7-17-12(18-9(8)2)10-4-3-5-11(6-10)13(14,15)16/h3-7H,1-2H3. The van der Waals surface area contributed by atoms with E-state index in [1.807, 2.05) is 6.92 Å². The van der Waals surface area contributed by atoms with Gasteiger partial charge in [0, 0.05) is 17.5 Å². The molecule has 2 nitrogen and oxygen atoms in total. The molecule has 1 aromatic heterocycles. The fraction of sp³-hybridized carbons (Fsp3) is 0.231. The van der Waals surface area contributed by atoms with E-state index in [9.17, 15) is 13.2 Å². The van der Waals surface area contributed by atoms with E-state index < -0.39 is 11.7 Å². The molecule has 0 unspecified atom stereocenters. The molecule has 0 fully saturated rings. The second-order valence-electron chi connectivity index (χ2n) is 4.04. The van der Waals surface area contributed by atoms with Gasteiger partial charge in [0.1, 0.15) is 0 Å². The molecular formula is C13H11F3N2. The first-order valence-corrected chi connectivity index (χ1v) is 5.36. The quantitative estimate of drug-likeness (QED) is 0.771. The lowest BCUT2D eigenvalue weighted by molar-refractivity contribution is -0.137. The van der Waals surface area contributed by atoms with E-state index >= 15 is 0 Å². The first kappa shape index (κ1) is 12.5. The van der Waals surface area contributed by atoms with E-state index in [2.05, 4.69) is 9.97 Å². The minimum atomic E-state index is -4.35. The summed E-state index contributed by atoms with van der Waals surface area (Å²) in [5, 5.41) is 0. The maximum absolute atomic E-state index is 12.6. The Labute approximate surface area is 103 Å². The number of nitrogens with zero attached hydrogens (tertiary/aromatic N) is 2. The van der Waals surface area contributed by atoms with Gasteiger partial charge >= 0.3 is 6.18 Å². The summed E-state index contributed by atoms with van der Waals surface area (Å²) in [6, 6.07) is 5.02. The number of hydrogen-bond acceptors (Lipinski definition) is 2. The maximum Gasteiger partial charge on any atom is 0.416 e. The highest BCUT2D eigenvalue weighted by atomic mass is 19.4. The number of alkyl halides is 3. The van der Waals surface area contributed by atoms with Crippen LogP contribution in [0.3, 0.4) is 0 Å². The number of aryl methyl sites for hydroxylation is 2. The first-order chi connectivity index (χ1) is 8.38. The lowest BCUT2D eigenvalue weighted by Crippen LogP contribution is -2.05. The van der Waals surface area contributed by atoms with Crippen LogP contribution < -0.4 is 0 Å². The molecule has 0 aliphatic heterocycles. The van der Waals surface area contributed by atoms with Crippen molar-refractivity contribution in [1.82, 2.24) is 9.97 Å². The van der Waals surface area contributed by atoms with Crippen LogP contribution in [0, 0.1) is 13.8 Å². The molecule has 0 spiro atoms. The zero-order chi connectivity index (χ0) is 13.3. The summed E-state index contributed by atoms with van der Waals surface area (Å²) < 4.78 is 37.8. The number of rotatable bonds is 1. The topological polar surface area (TPSA) is 25.8 Å². The third-order valence-corrected chi connectivity index (χ3v) is 2.67. The van der Waals surface area contributed by atoms with Crippen molar-refractivity contribution in [3.8, 4) is 11.4 Å². The van der Waals surface area contributed by atoms with Crippen LogP contribution in [0.25, 0.3) is 11.4 Å². The molecule has 0 amide bonds. The Kier molecular flexibility index (Phi) is 3.07. The molecule has 18 heavy (non-hydrogen) atoms. The van der Waals surface area contributed by atoms with Crippen molar-refractivity contribution in [2.75, 3.05) is 0 Å². The lowest BCUT2D eigenvalue weighted by atomic mass is 10.1. The summed E-state index contributed by atoms with van der Waals surface area (Å²) >= 11 is 0. The van der Waals surface area contributed by atoms with E-state index in [4.69, 9.17) is 0 Å². The average Bonchev–Trinajstić information content (AvgIpc) is 2.32. The highest BCUT2D eigenvalue weighted by Gasteiger charge is 2.30. The van der Waals surface area contributed by atoms with E-state index in [-0.39, 0.29) is 0 Å². The molecule has 5 heteroatoms. The predicted molar refractivity (Wildman–Crippen MR) is 61.9 cm³/mol. The summed E-state index contributed by atoms with van der Waals surface area (Å²) in [5.74, 6) is 0.309. The van der Waals surface area contributed by atoms with Crippen molar-refractivity contribution < 1.29 is 13.2 Å². The Hall–Kier alpha value is -1.91. The van der Waals surface area contributed by atoms with Gasteiger partial charge in [0.15, 0.2) is 5.82 Å². The minimum Gasteiger partial charge on any atom is -0.236 e. The molecule has 0 saturated carbocycles. The Balaban J connectivity index is 2.48.